The van der Waals surface area contributed by atoms with E-state index >= 15 is 0 Å². The van der Waals surface area contributed by atoms with Gasteiger partial charge in [-0.3, -0.25) is 0 Å². The van der Waals surface area contributed by atoms with E-state index in [2.05, 4.69) is 22.7 Å². The highest BCUT2D eigenvalue weighted by Crippen LogP contribution is 2.10. The highest BCUT2D eigenvalue weighted by atomic mass is 32.1. The van der Waals surface area contributed by atoms with E-state index in [4.69, 9.17) is 38.7 Å². The van der Waals surface area contributed by atoms with Crippen LogP contribution in [0.1, 0.15) is 57.8 Å². The lowest BCUT2D eigenvalue weighted by Gasteiger charge is -2.08. The predicted octanol–water partition coefficient (Wildman–Crippen LogP) is 4.85. The van der Waals surface area contributed by atoms with Crippen molar-refractivity contribution in [2.24, 2.45) is 5.11 Å². The van der Waals surface area contributed by atoms with Crippen LogP contribution in [-0.2, 0) is 33.2 Å². The maximum Gasteiger partial charge on any atom is 0.0701 e. The summed E-state index contributed by atoms with van der Waals surface area (Å²) < 4.78 is 38.0. The van der Waals surface area contributed by atoms with E-state index in [1.165, 1.54) is 51.4 Å². The Kier molecular flexibility index (Phi) is 33.8. The zero-order valence-corrected chi connectivity index (χ0v) is 23.2. The van der Waals surface area contributed by atoms with Crippen LogP contribution in [0.2, 0.25) is 0 Å². The number of hydrogen-bond acceptors (Lipinski definition) is 9. The number of nitrogens with zero attached hydrogens (tertiary/aromatic N) is 3. The second-order valence-corrected chi connectivity index (χ2v) is 8.59. The first kappa shape index (κ1) is 35.4. The van der Waals surface area contributed by atoms with Crippen molar-refractivity contribution in [3.63, 3.8) is 0 Å². The highest BCUT2D eigenvalue weighted by molar-refractivity contribution is 7.80. The fraction of sp³-hybridized carbons (Fsp3) is 1.00. The Bertz CT molecular complexity index is 461. The highest BCUT2D eigenvalue weighted by Gasteiger charge is 1.96. The molecule has 0 aromatic heterocycles. The first-order valence-corrected chi connectivity index (χ1v) is 14.2. The van der Waals surface area contributed by atoms with Gasteiger partial charge in [0.25, 0.3) is 0 Å². The van der Waals surface area contributed by atoms with Gasteiger partial charge in [0, 0.05) is 18.1 Å². The molecule has 0 aromatic carbocycles. The van der Waals surface area contributed by atoms with Crippen molar-refractivity contribution in [3.05, 3.63) is 10.4 Å². The molecule has 0 aliphatic heterocycles. The van der Waals surface area contributed by atoms with Crippen LogP contribution >= 0.6 is 12.6 Å². The molecule has 11 heteroatoms. The molecule has 10 nitrogen and oxygen atoms in total. The van der Waals surface area contributed by atoms with Gasteiger partial charge >= 0.3 is 0 Å². The minimum absolute atomic E-state index is 0.340. The van der Waals surface area contributed by atoms with Crippen LogP contribution in [0.4, 0.5) is 0 Å². The van der Waals surface area contributed by atoms with Gasteiger partial charge in [-0.2, -0.15) is 12.6 Å². The van der Waals surface area contributed by atoms with E-state index in [0.29, 0.717) is 92.4 Å². The Morgan fingerprint density at radius 1 is 0.417 bits per heavy atom. The van der Waals surface area contributed by atoms with Gasteiger partial charge in [0.05, 0.1) is 85.9 Å². The first-order chi connectivity index (χ1) is 17.9. The van der Waals surface area contributed by atoms with Crippen LogP contribution in [0.3, 0.4) is 0 Å². The lowest BCUT2D eigenvalue weighted by Crippen LogP contribution is -2.14. The Morgan fingerprint density at radius 2 is 0.722 bits per heavy atom. The third kappa shape index (κ3) is 33.4. The Hall–Kier alpha value is -0.620. The quantitative estimate of drug-likeness (QED) is 0.0429. The summed E-state index contributed by atoms with van der Waals surface area (Å²) in [5.74, 6) is 1.02. The molecule has 0 unspecified atom stereocenters. The largest absolute Gasteiger partial charge is 0.379 e. The second kappa shape index (κ2) is 34.4. The number of unbranched alkanes of at least 4 members (excludes halogenated alkanes) is 8. The maximum atomic E-state index is 8.12. The third-order valence-corrected chi connectivity index (χ3v) is 5.39. The van der Waals surface area contributed by atoms with Crippen molar-refractivity contribution in [2.45, 2.75) is 57.8 Å². The SMILES string of the molecule is [N-]=[N+]=NCCOCCOCCOCCOCCOCCOCCOCCCCCCCCCCCS. The number of azide groups is 1. The van der Waals surface area contributed by atoms with E-state index in [0.717, 1.165) is 18.8 Å². The van der Waals surface area contributed by atoms with Gasteiger partial charge in [-0.15, -0.1) is 0 Å². The number of thiol groups is 1. The summed E-state index contributed by atoms with van der Waals surface area (Å²) in [4.78, 5) is 2.65. The molecule has 214 valence electrons. The molecule has 0 bridgehead atoms. The minimum Gasteiger partial charge on any atom is -0.379 e. The molecular formula is C25H51N3O7S. The molecule has 0 fully saturated rings. The fourth-order valence-electron chi connectivity index (χ4n) is 3.13. The summed E-state index contributed by atoms with van der Waals surface area (Å²) in [5, 5.41) is 3.37. The average Bonchev–Trinajstić information content (AvgIpc) is 2.89. The van der Waals surface area contributed by atoms with Crippen molar-refractivity contribution in [1.82, 2.24) is 0 Å². The van der Waals surface area contributed by atoms with E-state index in [-0.39, 0.29) is 0 Å². The Balaban J connectivity index is 3.02. The van der Waals surface area contributed by atoms with Crippen LogP contribution in [0.15, 0.2) is 5.11 Å². The molecule has 0 radical (unpaired) electrons. The molecule has 0 saturated carbocycles. The maximum absolute atomic E-state index is 8.12. The smallest absolute Gasteiger partial charge is 0.0701 e. The Labute approximate surface area is 224 Å². The fourth-order valence-corrected chi connectivity index (χ4v) is 3.35. The van der Waals surface area contributed by atoms with Gasteiger partial charge in [0.2, 0.25) is 0 Å². The molecule has 0 N–H and O–H groups in total. The van der Waals surface area contributed by atoms with Crippen molar-refractivity contribution in [1.29, 1.82) is 0 Å². The molecule has 0 aromatic rings. The van der Waals surface area contributed by atoms with Gasteiger partial charge < -0.3 is 33.2 Å². The van der Waals surface area contributed by atoms with Gasteiger partial charge in [0.15, 0.2) is 0 Å². The third-order valence-electron chi connectivity index (χ3n) is 5.08. The van der Waals surface area contributed by atoms with Crippen molar-refractivity contribution >= 4 is 12.6 Å². The predicted molar refractivity (Wildman–Crippen MR) is 145 cm³/mol. The standard InChI is InChI=1S/C25H51N3O7S/c26-28-27-10-12-30-14-16-32-18-20-34-22-24-35-23-21-33-19-17-31-15-13-29-11-8-6-4-2-1-3-5-7-9-25-36/h36H,1-25H2. The molecule has 0 heterocycles. The van der Waals surface area contributed by atoms with Crippen LogP contribution in [0, 0.1) is 0 Å². The van der Waals surface area contributed by atoms with E-state index in [9.17, 15) is 0 Å². The van der Waals surface area contributed by atoms with Crippen LogP contribution in [0.5, 0.6) is 0 Å². The van der Waals surface area contributed by atoms with E-state index in [1.807, 2.05) is 0 Å². The summed E-state index contributed by atoms with van der Waals surface area (Å²) in [6, 6.07) is 0. The topological polar surface area (TPSA) is 113 Å². The normalized spacial score (nSPS) is 11.1. The lowest BCUT2D eigenvalue weighted by molar-refractivity contribution is -0.0203. The molecule has 0 rings (SSSR count). The van der Waals surface area contributed by atoms with Crippen LogP contribution in [0.25, 0.3) is 10.4 Å². The summed E-state index contributed by atoms with van der Waals surface area (Å²) >= 11 is 4.24. The van der Waals surface area contributed by atoms with Crippen LogP contribution < -0.4 is 0 Å². The van der Waals surface area contributed by atoms with Crippen molar-refractivity contribution in [3.8, 4) is 0 Å². The first-order valence-electron chi connectivity index (χ1n) is 13.6. The van der Waals surface area contributed by atoms with Gasteiger partial charge in [-0.1, -0.05) is 50.1 Å². The molecule has 0 aliphatic carbocycles. The molecular weight excluding hydrogens is 486 g/mol. The number of rotatable bonds is 32. The van der Waals surface area contributed by atoms with E-state index < -0.39 is 0 Å². The van der Waals surface area contributed by atoms with Crippen molar-refractivity contribution < 1.29 is 33.2 Å². The monoisotopic (exact) mass is 537 g/mol. The zero-order valence-electron chi connectivity index (χ0n) is 22.3. The van der Waals surface area contributed by atoms with Gasteiger partial charge in [0.1, 0.15) is 0 Å². The number of ether oxygens (including phenoxy) is 7. The molecule has 0 spiro atoms. The van der Waals surface area contributed by atoms with Crippen LogP contribution in [-0.4, -0.2) is 105 Å². The zero-order chi connectivity index (χ0) is 26.0. The molecule has 0 saturated heterocycles. The number of hydrogen-bond donors (Lipinski definition) is 1. The summed E-state index contributed by atoms with van der Waals surface area (Å²) in [5.41, 5.74) is 8.12. The summed E-state index contributed by atoms with van der Waals surface area (Å²) in [6.45, 7) is 8.05. The summed E-state index contributed by atoms with van der Waals surface area (Å²) in [7, 11) is 0. The summed E-state index contributed by atoms with van der Waals surface area (Å²) in [6.07, 6.45) is 11.7. The Morgan fingerprint density at radius 3 is 1.08 bits per heavy atom. The minimum atomic E-state index is 0.340. The average molecular weight is 538 g/mol. The molecule has 0 aliphatic rings. The van der Waals surface area contributed by atoms with Crippen molar-refractivity contribution in [2.75, 3.05) is 105 Å². The molecule has 0 atom stereocenters. The van der Waals surface area contributed by atoms with E-state index in [1.54, 1.807) is 0 Å². The second-order valence-electron chi connectivity index (χ2n) is 8.15. The molecule has 36 heavy (non-hydrogen) atoms. The van der Waals surface area contributed by atoms with Gasteiger partial charge in [-0.05, 0) is 24.1 Å². The van der Waals surface area contributed by atoms with Gasteiger partial charge in [-0.25, -0.2) is 0 Å². The lowest BCUT2D eigenvalue weighted by atomic mass is 10.1. The molecule has 0 amide bonds.